The van der Waals surface area contributed by atoms with Crippen LogP contribution in [-0.2, 0) is 11.3 Å². The molecule has 2 rings (SSSR count). The quantitative estimate of drug-likeness (QED) is 0.296. The molecular formula is C16H20FIN4O2. The number of guanidine groups is 1. The van der Waals surface area contributed by atoms with Gasteiger partial charge in [0.2, 0.25) is 5.88 Å². The zero-order chi connectivity index (χ0) is 16.5. The maximum absolute atomic E-state index is 12.9. The SMILES string of the molecule is COCCNC(N)=NCc1ccnc(Oc2ccc(F)cc2)c1.I. The first kappa shape index (κ1) is 20.1. The van der Waals surface area contributed by atoms with E-state index in [4.69, 9.17) is 15.2 Å². The van der Waals surface area contributed by atoms with Crippen molar-refractivity contribution in [2.75, 3.05) is 20.3 Å². The molecule has 1 heterocycles. The minimum Gasteiger partial charge on any atom is -0.439 e. The van der Waals surface area contributed by atoms with Gasteiger partial charge in [0.05, 0.1) is 13.2 Å². The number of benzene rings is 1. The largest absolute Gasteiger partial charge is 0.439 e. The lowest BCUT2D eigenvalue weighted by Crippen LogP contribution is -2.34. The van der Waals surface area contributed by atoms with Gasteiger partial charge in [0.25, 0.3) is 0 Å². The summed E-state index contributed by atoms with van der Waals surface area (Å²) >= 11 is 0. The van der Waals surface area contributed by atoms with Crippen LogP contribution in [0.2, 0.25) is 0 Å². The maximum Gasteiger partial charge on any atom is 0.219 e. The summed E-state index contributed by atoms with van der Waals surface area (Å²) in [6.45, 7) is 1.55. The lowest BCUT2D eigenvalue weighted by molar-refractivity contribution is 0.204. The summed E-state index contributed by atoms with van der Waals surface area (Å²) in [7, 11) is 1.62. The van der Waals surface area contributed by atoms with Crippen molar-refractivity contribution in [2.24, 2.45) is 10.7 Å². The van der Waals surface area contributed by atoms with Gasteiger partial charge in [0, 0.05) is 25.9 Å². The van der Waals surface area contributed by atoms with Gasteiger partial charge in [-0.05, 0) is 35.9 Å². The molecule has 0 spiro atoms. The highest BCUT2D eigenvalue weighted by atomic mass is 127. The van der Waals surface area contributed by atoms with E-state index in [1.807, 2.05) is 6.07 Å². The summed E-state index contributed by atoms with van der Waals surface area (Å²) in [6.07, 6.45) is 1.62. The molecule has 6 nitrogen and oxygen atoms in total. The van der Waals surface area contributed by atoms with Crippen LogP contribution >= 0.6 is 24.0 Å². The molecule has 8 heteroatoms. The second-order valence-corrected chi connectivity index (χ2v) is 4.68. The second kappa shape index (κ2) is 10.8. The molecule has 1 aromatic carbocycles. The Morgan fingerprint density at radius 1 is 1.29 bits per heavy atom. The number of aliphatic imine (C=N–C) groups is 1. The molecule has 0 aliphatic heterocycles. The lowest BCUT2D eigenvalue weighted by atomic mass is 10.2. The molecule has 0 aliphatic rings. The van der Waals surface area contributed by atoms with Gasteiger partial charge in [-0.25, -0.2) is 14.4 Å². The molecule has 0 bridgehead atoms. The fourth-order valence-electron chi connectivity index (χ4n) is 1.74. The van der Waals surface area contributed by atoms with Gasteiger partial charge in [-0.15, -0.1) is 24.0 Å². The Morgan fingerprint density at radius 2 is 2.04 bits per heavy atom. The van der Waals surface area contributed by atoms with Gasteiger partial charge in [0.1, 0.15) is 11.6 Å². The van der Waals surface area contributed by atoms with Crippen LogP contribution in [0.3, 0.4) is 0 Å². The van der Waals surface area contributed by atoms with E-state index >= 15 is 0 Å². The number of nitrogens with zero attached hydrogens (tertiary/aromatic N) is 2. The van der Waals surface area contributed by atoms with Gasteiger partial charge < -0.3 is 20.5 Å². The van der Waals surface area contributed by atoms with Crippen LogP contribution in [0.4, 0.5) is 4.39 Å². The Kier molecular flexibility index (Phi) is 9.02. The predicted molar refractivity (Wildman–Crippen MR) is 101 cm³/mol. The van der Waals surface area contributed by atoms with E-state index < -0.39 is 0 Å². The minimum atomic E-state index is -0.315. The molecule has 1 aromatic heterocycles. The van der Waals surface area contributed by atoms with Crippen molar-refractivity contribution in [1.29, 1.82) is 0 Å². The molecule has 0 saturated carbocycles. The Hall–Kier alpha value is -1.94. The average Bonchev–Trinajstić information content (AvgIpc) is 2.56. The number of rotatable bonds is 7. The number of pyridine rings is 1. The van der Waals surface area contributed by atoms with Crippen LogP contribution in [0.15, 0.2) is 47.6 Å². The molecule has 3 N–H and O–H groups in total. The molecule has 0 radical (unpaired) electrons. The standard InChI is InChI=1S/C16H19FN4O2.HI/c1-22-9-8-20-16(18)21-11-12-6-7-19-15(10-12)23-14-4-2-13(17)3-5-14;/h2-7,10H,8-9,11H2,1H3,(H3,18,20,21);1H. The Balaban J connectivity index is 0.00000288. The first-order valence-electron chi connectivity index (χ1n) is 7.08. The monoisotopic (exact) mass is 446 g/mol. The number of aromatic nitrogens is 1. The molecule has 0 amide bonds. The van der Waals surface area contributed by atoms with Crippen LogP contribution in [0.1, 0.15) is 5.56 Å². The average molecular weight is 446 g/mol. The molecule has 0 saturated heterocycles. The number of ether oxygens (including phenoxy) is 2. The van der Waals surface area contributed by atoms with Crippen molar-refractivity contribution < 1.29 is 13.9 Å². The highest BCUT2D eigenvalue weighted by Crippen LogP contribution is 2.20. The van der Waals surface area contributed by atoms with E-state index in [0.29, 0.717) is 37.3 Å². The van der Waals surface area contributed by atoms with Crippen molar-refractivity contribution in [3.63, 3.8) is 0 Å². The van der Waals surface area contributed by atoms with Gasteiger partial charge in [0.15, 0.2) is 5.96 Å². The summed E-state index contributed by atoms with van der Waals surface area (Å²) in [4.78, 5) is 8.34. The Bertz CT molecular complexity index is 653. The van der Waals surface area contributed by atoms with E-state index in [9.17, 15) is 4.39 Å². The first-order valence-corrected chi connectivity index (χ1v) is 7.08. The van der Waals surface area contributed by atoms with E-state index in [1.165, 1.54) is 12.1 Å². The summed E-state index contributed by atoms with van der Waals surface area (Å²) in [5.74, 6) is 0.959. The summed E-state index contributed by atoms with van der Waals surface area (Å²) < 4.78 is 23.3. The van der Waals surface area contributed by atoms with E-state index in [1.54, 1.807) is 31.5 Å². The topological polar surface area (TPSA) is 81.8 Å². The molecule has 24 heavy (non-hydrogen) atoms. The van der Waals surface area contributed by atoms with Crippen LogP contribution in [0.25, 0.3) is 0 Å². The second-order valence-electron chi connectivity index (χ2n) is 4.68. The van der Waals surface area contributed by atoms with Gasteiger partial charge in [-0.2, -0.15) is 0 Å². The van der Waals surface area contributed by atoms with Crippen LogP contribution < -0.4 is 15.8 Å². The zero-order valence-corrected chi connectivity index (χ0v) is 15.6. The van der Waals surface area contributed by atoms with Crippen molar-refractivity contribution in [2.45, 2.75) is 6.54 Å². The molecular weight excluding hydrogens is 426 g/mol. The summed E-state index contributed by atoms with van der Waals surface area (Å²) in [5, 5.41) is 2.93. The van der Waals surface area contributed by atoms with E-state index in [2.05, 4.69) is 15.3 Å². The zero-order valence-electron chi connectivity index (χ0n) is 13.2. The summed E-state index contributed by atoms with van der Waals surface area (Å²) in [6, 6.07) is 9.32. The van der Waals surface area contributed by atoms with Crippen molar-refractivity contribution >= 4 is 29.9 Å². The van der Waals surface area contributed by atoms with Crippen molar-refractivity contribution in [1.82, 2.24) is 10.3 Å². The molecule has 130 valence electrons. The third-order valence-corrected chi connectivity index (χ3v) is 2.88. The van der Waals surface area contributed by atoms with Gasteiger partial charge >= 0.3 is 0 Å². The van der Waals surface area contributed by atoms with Gasteiger partial charge in [-0.3, -0.25) is 0 Å². The number of nitrogens with one attached hydrogen (secondary N) is 1. The first-order chi connectivity index (χ1) is 11.2. The Morgan fingerprint density at radius 3 is 2.75 bits per heavy atom. The smallest absolute Gasteiger partial charge is 0.219 e. The maximum atomic E-state index is 12.9. The number of nitrogens with two attached hydrogens (primary N) is 1. The van der Waals surface area contributed by atoms with E-state index in [-0.39, 0.29) is 29.8 Å². The Labute approximate surface area is 157 Å². The number of hydrogen-bond donors (Lipinski definition) is 2. The number of hydrogen-bond acceptors (Lipinski definition) is 4. The predicted octanol–water partition coefficient (Wildman–Crippen LogP) is 2.68. The van der Waals surface area contributed by atoms with Crippen LogP contribution in [0, 0.1) is 5.82 Å². The third-order valence-electron chi connectivity index (χ3n) is 2.88. The molecule has 0 fully saturated rings. The highest BCUT2D eigenvalue weighted by molar-refractivity contribution is 14.0. The molecule has 0 atom stereocenters. The van der Waals surface area contributed by atoms with Crippen molar-refractivity contribution in [3.8, 4) is 11.6 Å². The molecule has 2 aromatic rings. The lowest BCUT2D eigenvalue weighted by Gasteiger charge is -2.07. The van der Waals surface area contributed by atoms with Gasteiger partial charge in [-0.1, -0.05) is 0 Å². The van der Waals surface area contributed by atoms with Crippen LogP contribution in [0.5, 0.6) is 11.6 Å². The van der Waals surface area contributed by atoms with Crippen LogP contribution in [-0.4, -0.2) is 31.2 Å². The third kappa shape index (κ3) is 7.09. The number of methoxy groups -OCH3 is 1. The fraction of sp³-hybridized carbons (Fsp3) is 0.250. The summed E-state index contributed by atoms with van der Waals surface area (Å²) in [5.41, 5.74) is 6.64. The van der Waals surface area contributed by atoms with E-state index in [0.717, 1.165) is 5.56 Å². The molecule has 0 aliphatic carbocycles. The highest BCUT2D eigenvalue weighted by Gasteiger charge is 2.01. The number of halogens is 2. The minimum absolute atomic E-state index is 0. The molecule has 0 unspecified atom stereocenters. The fourth-order valence-corrected chi connectivity index (χ4v) is 1.74. The normalized spacial score (nSPS) is 10.8. The van der Waals surface area contributed by atoms with Crippen molar-refractivity contribution in [3.05, 3.63) is 54.0 Å².